The first-order chi connectivity index (χ1) is 14.1. The quantitative estimate of drug-likeness (QED) is 0.313. The molecule has 0 saturated heterocycles. The van der Waals surface area contributed by atoms with E-state index >= 15 is 0 Å². The Labute approximate surface area is 168 Å². The van der Waals surface area contributed by atoms with Gasteiger partial charge in [-0.2, -0.15) is 13.2 Å². The molecular weight excluding hydrogens is 409 g/mol. The lowest BCUT2D eigenvalue weighted by molar-refractivity contribution is -0.384. The molecule has 0 radical (unpaired) electrons. The average Bonchev–Trinajstić information content (AvgIpc) is 2.70. The van der Waals surface area contributed by atoms with Crippen molar-refractivity contribution in [2.45, 2.75) is 6.18 Å². The summed E-state index contributed by atoms with van der Waals surface area (Å²) in [4.78, 5) is 33.9. The van der Waals surface area contributed by atoms with Crippen molar-refractivity contribution in [2.24, 2.45) is 0 Å². The Bertz CT molecular complexity index is 988. The zero-order valence-electron chi connectivity index (χ0n) is 15.4. The number of esters is 1. The van der Waals surface area contributed by atoms with Gasteiger partial charge in [-0.15, -0.1) is 0 Å². The highest BCUT2D eigenvalue weighted by Crippen LogP contribution is 2.30. The largest absolute Gasteiger partial charge is 0.496 e. The van der Waals surface area contributed by atoms with Crippen molar-refractivity contribution in [1.29, 1.82) is 0 Å². The number of nitro groups is 1. The first-order valence-corrected chi connectivity index (χ1v) is 8.24. The van der Waals surface area contributed by atoms with Crippen molar-refractivity contribution in [3.05, 3.63) is 69.8 Å². The highest BCUT2D eigenvalue weighted by molar-refractivity contribution is 5.96. The molecule has 0 aliphatic rings. The van der Waals surface area contributed by atoms with Crippen molar-refractivity contribution >= 4 is 29.3 Å². The summed E-state index contributed by atoms with van der Waals surface area (Å²) in [5, 5.41) is 13.3. The predicted octanol–water partition coefficient (Wildman–Crippen LogP) is 3.82. The number of benzene rings is 2. The maximum Gasteiger partial charge on any atom is 0.416 e. The van der Waals surface area contributed by atoms with Crippen molar-refractivity contribution < 1.29 is 37.2 Å². The molecule has 11 heteroatoms. The number of rotatable bonds is 7. The van der Waals surface area contributed by atoms with E-state index < -0.39 is 40.8 Å². The molecule has 0 spiro atoms. The number of nitrogens with one attached hydrogen (secondary N) is 1. The number of halogens is 3. The third-order valence-corrected chi connectivity index (χ3v) is 3.65. The predicted molar refractivity (Wildman–Crippen MR) is 99.7 cm³/mol. The minimum Gasteiger partial charge on any atom is -0.496 e. The second-order valence-corrected chi connectivity index (χ2v) is 5.75. The van der Waals surface area contributed by atoms with Gasteiger partial charge in [-0.05, 0) is 35.9 Å². The number of hydrogen-bond acceptors (Lipinski definition) is 6. The molecule has 8 nitrogen and oxygen atoms in total. The Balaban J connectivity index is 1.95. The van der Waals surface area contributed by atoms with Gasteiger partial charge in [0.15, 0.2) is 6.61 Å². The molecule has 0 unspecified atom stereocenters. The Kier molecular flexibility index (Phi) is 7.13. The summed E-state index contributed by atoms with van der Waals surface area (Å²) >= 11 is 0. The Morgan fingerprint density at radius 1 is 1.20 bits per heavy atom. The molecule has 0 aromatic heterocycles. The van der Waals surface area contributed by atoms with E-state index in [2.05, 4.69) is 10.1 Å². The molecule has 0 fully saturated rings. The van der Waals surface area contributed by atoms with Gasteiger partial charge >= 0.3 is 12.1 Å². The Hall–Kier alpha value is -3.89. The highest BCUT2D eigenvalue weighted by atomic mass is 19.4. The van der Waals surface area contributed by atoms with Crippen LogP contribution >= 0.6 is 0 Å². The summed E-state index contributed by atoms with van der Waals surface area (Å²) in [5.41, 5.74) is -1.31. The topological polar surface area (TPSA) is 108 Å². The standard InChI is InChI=1S/C19H15F3N2O6/c1-29-14-6-7-15(16(10-14)24(27)28)23-17(25)11-30-18(26)8-5-12-3-2-4-13(9-12)19(20,21)22/h2-10H,11H2,1H3,(H,23,25)/b8-5+. The SMILES string of the molecule is COc1ccc(NC(=O)COC(=O)/C=C/c2cccc(C(F)(F)F)c2)c([N+](=O)[O-])c1. The van der Waals surface area contributed by atoms with Crippen LogP contribution in [0.25, 0.3) is 6.08 Å². The number of nitrogens with zero attached hydrogens (tertiary/aromatic N) is 1. The van der Waals surface area contributed by atoms with Crippen molar-refractivity contribution in [3.8, 4) is 5.75 Å². The van der Waals surface area contributed by atoms with Crippen LogP contribution in [-0.4, -0.2) is 30.5 Å². The summed E-state index contributed by atoms with van der Waals surface area (Å²) in [6.07, 6.45) is -2.56. The second kappa shape index (κ2) is 9.54. The highest BCUT2D eigenvalue weighted by Gasteiger charge is 2.30. The first kappa shape index (κ1) is 22.4. The van der Waals surface area contributed by atoms with Crippen LogP contribution in [0.1, 0.15) is 11.1 Å². The van der Waals surface area contributed by atoms with Gasteiger partial charge in [-0.3, -0.25) is 14.9 Å². The Morgan fingerprint density at radius 2 is 1.93 bits per heavy atom. The fraction of sp³-hybridized carbons (Fsp3) is 0.158. The smallest absolute Gasteiger partial charge is 0.416 e. The number of anilines is 1. The van der Waals surface area contributed by atoms with E-state index in [4.69, 9.17) is 4.74 Å². The van der Waals surface area contributed by atoms with Crippen LogP contribution < -0.4 is 10.1 Å². The molecule has 0 saturated carbocycles. The summed E-state index contributed by atoms with van der Waals surface area (Å²) in [6, 6.07) is 8.03. The monoisotopic (exact) mass is 424 g/mol. The summed E-state index contributed by atoms with van der Waals surface area (Å²) in [6.45, 7) is -0.755. The fourth-order valence-electron chi connectivity index (χ4n) is 2.25. The van der Waals surface area contributed by atoms with Crippen LogP contribution in [-0.2, 0) is 20.5 Å². The molecule has 0 aliphatic carbocycles. The van der Waals surface area contributed by atoms with E-state index in [1.165, 1.54) is 31.4 Å². The van der Waals surface area contributed by atoms with Crippen LogP contribution in [0.5, 0.6) is 5.75 Å². The van der Waals surface area contributed by atoms with E-state index in [1.807, 2.05) is 0 Å². The summed E-state index contributed by atoms with van der Waals surface area (Å²) < 4.78 is 47.6. The molecule has 2 aromatic rings. The van der Waals surface area contributed by atoms with Crippen molar-refractivity contribution in [3.63, 3.8) is 0 Å². The molecule has 0 atom stereocenters. The molecule has 2 rings (SSSR count). The van der Waals surface area contributed by atoms with Gasteiger partial charge in [-0.25, -0.2) is 4.79 Å². The van der Waals surface area contributed by atoms with Gasteiger partial charge < -0.3 is 14.8 Å². The van der Waals surface area contributed by atoms with Gasteiger partial charge in [0.05, 0.1) is 23.7 Å². The van der Waals surface area contributed by atoms with Crippen LogP contribution in [0.15, 0.2) is 48.5 Å². The molecule has 0 bridgehead atoms. The van der Waals surface area contributed by atoms with Crippen molar-refractivity contribution in [1.82, 2.24) is 0 Å². The van der Waals surface area contributed by atoms with E-state index in [-0.39, 0.29) is 17.0 Å². The molecule has 2 aromatic carbocycles. The van der Waals surface area contributed by atoms with Crippen LogP contribution in [0, 0.1) is 10.1 Å². The zero-order valence-corrected chi connectivity index (χ0v) is 15.4. The number of ether oxygens (including phenoxy) is 2. The normalized spacial score (nSPS) is 11.2. The minimum absolute atomic E-state index is 0.111. The molecule has 0 heterocycles. The number of hydrogen-bond donors (Lipinski definition) is 1. The molecule has 0 aliphatic heterocycles. The lowest BCUT2D eigenvalue weighted by atomic mass is 10.1. The van der Waals surface area contributed by atoms with E-state index in [0.29, 0.717) is 0 Å². The van der Waals surface area contributed by atoms with E-state index in [9.17, 15) is 32.9 Å². The number of methoxy groups -OCH3 is 1. The van der Waals surface area contributed by atoms with E-state index in [0.717, 1.165) is 30.4 Å². The van der Waals surface area contributed by atoms with Crippen LogP contribution in [0.3, 0.4) is 0 Å². The van der Waals surface area contributed by atoms with Gasteiger partial charge in [-0.1, -0.05) is 12.1 Å². The van der Waals surface area contributed by atoms with Crippen LogP contribution in [0.2, 0.25) is 0 Å². The molecular formula is C19H15F3N2O6. The lowest BCUT2D eigenvalue weighted by Gasteiger charge is -2.08. The first-order valence-electron chi connectivity index (χ1n) is 8.24. The fourth-order valence-corrected chi connectivity index (χ4v) is 2.25. The Morgan fingerprint density at radius 3 is 2.57 bits per heavy atom. The lowest BCUT2D eigenvalue weighted by Crippen LogP contribution is -2.20. The number of carbonyl (C=O) groups excluding carboxylic acids is 2. The van der Waals surface area contributed by atoms with Crippen molar-refractivity contribution in [2.75, 3.05) is 19.0 Å². The second-order valence-electron chi connectivity index (χ2n) is 5.75. The zero-order chi connectivity index (χ0) is 22.3. The average molecular weight is 424 g/mol. The van der Waals surface area contributed by atoms with Gasteiger partial charge in [0, 0.05) is 6.08 Å². The van der Waals surface area contributed by atoms with Gasteiger partial charge in [0.1, 0.15) is 11.4 Å². The van der Waals surface area contributed by atoms with Gasteiger partial charge in [0.25, 0.3) is 11.6 Å². The molecule has 30 heavy (non-hydrogen) atoms. The molecule has 158 valence electrons. The maximum atomic E-state index is 12.7. The molecule has 1 N–H and O–H groups in total. The third kappa shape index (κ3) is 6.33. The number of amides is 1. The summed E-state index contributed by atoms with van der Waals surface area (Å²) in [7, 11) is 1.32. The third-order valence-electron chi connectivity index (χ3n) is 3.65. The summed E-state index contributed by atoms with van der Waals surface area (Å²) in [5.74, 6) is -1.61. The van der Waals surface area contributed by atoms with Gasteiger partial charge in [0.2, 0.25) is 0 Å². The molecule has 1 amide bonds. The number of carbonyl (C=O) groups is 2. The maximum absolute atomic E-state index is 12.7. The minimum atomic E-state index is -4.52. The number of alkyl halides is 3. The van der Waals surface area contributed by atoms with Crippen LogP contribution in [0.4, 0.5) is 24.5 Å². The number of nitro benzene ring substituents is 1. The van der Waals surface area contributed by atoms with E-state index in [1.54, 1.807) is 0 Å².